The normalized spacial score (nSPS) is 12.3. The molecule has 1 aromatic heterocycles. The standard InChI is InChI=1S/C16H22N2OS/c1-3-4-9-19-14-7-5-13(6-8-14)16(17-2)10-15-11-18-12-20-15/h5-8,11-12,16-17H,3-4,9-10H2,1-2H3. The molecule has 0 saturated heterocycles. The summed E-state index contributed by atoms with van der Waals surface area (Å²) in [5.41, 5.74) is 3.16. The number of nitrogens with zero attached hydrogens (tertiary/aromatic N) is 1. The van der Waals surface area contributed by atoms with E-state index in [1.54, 1.807) is 11.3 Å². The van der Waals surface area contributed by atoms with Crippen LogP contribution in [-0.2, 0) is 6.42 Å². The molecule has 1 aromatic carbocycles. The summed E-state index contributed by atoms with van der Waals surface area (Å²) in [6.07, 6.45) is 5.18. The van der Waals surface area contributed by atoms with Gasteiger partial charge in [0.2, 0.25) is 0 Å². The average molecular weight is 290 g/mol. The minimum atomic E-state index is 0.320. The predicted octanol–water partition coefficient (Wildman–Crippen LogP) is 3.83. The molecule has 0 aliphatic heterocycles. The van der Waals surface area contributed by atoms with Gasteiger partial charge in [-0.2, -0.15) is 0 Å². The third-order valence-corrected chi connectivity index (χ3v) is 4.09. The van der Waals surface area contributed by atoms with Crippen molar-refractivity contribution in [1.29, 1.82) is 0 Å². The van der Waals surface area contributed by atoms with Crippen molar-refractivity contribution in [3.8, 4) is 5.75 Å². The second-order valence-electron chi connectivity index (χ2n) is 4.78. The van der Waals surface area contributed by atoms with Crippen molar-refractivity contribution in [2.75, 3.05) is 13.7 Å². The maximum atomic E-state index is 5.69. The van der Waals surface area contributed by atoms with Crippen LogP contribution in [0, 0.1) is 0 Å². The SMILES string of the molecule is CCCCOc1ccc(C(Cc2cncs2)NC)cc1. The van der Waals surface area contributed by atoms with Gasteiger partial charge in [-0.15, -0.1) is 11.3 Å². The van der Waals surface area contributed by atoms with Crippen molar-refractivity contribution >= 4 is 11.3 Å². The number of thiazole rings is 1. The molecule has 0 spiro atoms. The number of unbranched alkanes of at least 4 members (excludes halogenated alkanes) is 1. The lowest BCUT2D eigenvalue weighted by Gasteiger charge is -2.16. The molecular weight excluding hydrogens is 268 g/mol. The van der Waals surface area contributed by atoms with Crippen molar-refractivity contribution < 1.29 is 4.74 Å². The van der Waals surface area contributed by atoms with E-state index in [4.69, 9.17) is 4.74 Å². The predicted molar refractivity (Wildman–Crippen MR) is 84.5 cm³/mol. The Morgan fingerprint density at radius 2 is 2.10 bits per heavy atom. The molecule has 2 aromatic rings. The van der Waals surface area contributed by atoms with Crippen LogP contribution in [0.1, 0.15) is 36.2 Å². The molecule has 0 radical (unpaired) electrons. The van der Waals surface area contributed by atoms with E-state index in [1.807, 2.05) is 18.8 Å². The molecule has 1 N–H and O–H groups in total. The first-order valence-corrected chi connectivity index (χ1v) is 7.98. The van der Waals surface area contributed by atoms with Crippen molar-refractivity contribution in [3.05, 3.63) is 46.4 Å². The Morgan fingerprint density at radius 3 is 2.70 bits per heavy atom. The second kappa shape index (κ2) is 8.02. The zero-order chi connectivity index (χ0) is 14.2. The molecule has 0 amide bonds. The van der Waals surface area contributed by atoms with E-state index >= 15 is 0 Å². The molecule has 0 fully saturated rings. The minimum Gasteiger partial charge on any atom is -0.494 e. The van der Waals surface area contributed by atoms with E-state index in [9.17, 15) is 0 Å². The van der Waals surface area contributed by atoms with Crippen LogP contribution in [0.25, 0.3) is 0 Å². The number of benzene rings is 1. The summed E-state index contributed by atoms with van der Waals surface area (Å²) in [6.45, 7) is 2.97. The Labute approximate surface area is 125 Å². The van der Waals surface area contributed by atoms with Gasteiger partial charge in [-0.3, -0.25) is 4.98 Å². The van der Waals surface area contributed by atoms with Gasteiger partial charge in [0.15, 0.2) is 0 Å². The maximum Gasteiger partial charge on any atom is 0.119 e. The van der Waals surface area contributed by atoms with Crippen LogP contribution in [0.5, 0.6) is 5.75 Å². The van der Waals surface area contributed by atoms with Gasteiger partial charge >= 0.3 is 0 Å². The molecule has 0 bridgehead atoms. The average Bonchev–Trinajstić information content (AvgIpc) is 2.99. The van der Waals surface area contributed by atoms with Crippen LogP contribution >= 0.6 is 11.3 Å². The molecule has 20 heavy (non-hydrogen) atoms. The first-order valence-electron chi connectivity index (χ1n) is 7.11. The fourth-order valence-electron chi connectivity index (χ4n) is 2.06. The highest BCUT2D eigenvalue weighted by molar-refractivity contribution is 7.09. The van der Waals surface area contributed by atoms with Crippen molar-refractivity contribution in [2.45, 2.75) is 32.2 Å². The molecule has 1 heterocycles. The largest absolute Gasteiger partial charge is 0.494 e. The molecule has 2 rings (SSSR count). The number of ether oxygens (including phenoxy) is 1. The zero-order valence-corrected chi connectivity index (χ0v) is 13.0. The van der Waals surface area contributed by atoms with E-state index in [1.165, 1.54) is 10.4 Å². The number of likely N-dealkylation sites (N-methyl/N-ethyl adjacent to an activating group) is 1. The quantitative estimate of drug-likeness (QED) is 0.750. The Kier molecular flexibility index (Phi) is 6.02. The number of hydrogen-bond donors (Lipinski definition) is 1. The van der Waals surface area contributed by atoms with Crippen molar-refractivity contribution in [2.24, 2.45) is 0 Å². The Hall–Kier alpha value is -1.39. The van der Waals surface area contributed by atoms with Crippen LogP contribution in [0.4, 0.5) is 0 Å². The van der Waals surface area contributed by atoms with E-state index < -0.39 is 0 Å². The first-order chi connectivity index (χ1) is 9.83. The van der Waals surface area contributed by atoms with Gasteiger partial charge in [0.05, 0.1) is 12.1 Å². The molecule has 0 saturated carbocycles. The molecule has 3 nitrogen and oxygen atoms in total. The Balaban J connectivity index is 1.96. The third-order valence-electron chi connectivity index (χ3n) is 3.29. The summed E-state index contributed by atoms with van der Waals surface area (Å²) in [7, 11) is 2.00. The summed E-state index contributed by atoms with van der Waals surface area (Å²) < 4.78 is 5.69. The summed E-state index contributed by atoms with van der Waals surface area (Å²) in [5.74, 6) is 0.954. The highest BCUT2D eigenvalue weighted by Crippen LogP contribution is 2.22. The van der Waals surface area contributed by atoms with E-state index in [2.05, 4.69) is 41.5 Å². The van der Waals surface area contributed by atoms with Gasteiger partial charge in [-0.25, -0.2) is 0 Å². The Morgan fingerprint density at radius 1 is 1.30 bits per heavy atom. The minimum absolute atomic E-state index is 0.320. The number of hydrogen-bond acceptors (Lipinski definition) is 4. The highest BCUT2D eigenvalue weighted by Gasteiger charge is 2.11. The van der Waals surface area contributed by atoms with Crippen molar-refractivity contribution in [3.63, 3.8) is 0 Å². The fourth-order valence-corrected chi connectivity index (χ4v) is 2.70. The number of rotatable bonds is 8. The van der Waals surface area contributed by atoms with Gasteiger partial charge in [0.1, 0.15) is 5.75 Å². The smallest absolute Gasteiger partial charge is 0.119 e. The van der Waals surface area contributed by atoms with Gasteiger partial charge < -0.3 is 10.1 Å². The molecule has 108 valence electrons. The van der Waals surface area contributed by atoms with Gasteiger partial charge in [-0.05, 0) is 31.2 Å². The zero-order valence-electron chi connectivity index (χ0n) is 12.1. The van der Waals surface area contributed by atoms with E-state index in [0.29, 0.717) is 6.04 Å². The maximum absolute atomic E-state index is 5.69. The van der Waals surface area contributed by atoms with Crippen LogP contribution < -0.4 is 10.1 Å². The lowest BCUT2D eigenvalue weighted by molar-refractivity contribution is 0.309. The van der Waals surface area contributed by atoms with Crippen LogP contribution in [0.3, 0.4) is 0 Å². The Bertz CT molecular complexity index is 482. The fraction of sp³-hybridized carbons (Fsp3) is 0.438. The first kappa shape index (κ1) is 15.0. The van der Waals surface area contributed by atoms with Crippen LogP contribution in [-0.4, -0.2) is 18.6 Å². The highest BCUT2D eigenvalue weighted by atomic mass is 32.1. The lowest BCUT2D eigenvalue weighted by Crippen LogP contribution is -2.18. The van der Waals surface area contributed by atoms with E-state index in [-0.39, 0.29) is 0 Å². The van der Waals surface area contributed by atoms with Gasteiger partial charge in [0.25, 0.3) is 0 Å². The molecule has 0 aliphatic carbocycles. The monoisotopic (exact) mass is 290 g/mol. The third kappa shape index (κ3) is 4.32. The molecule has 0 aliphatic rings. The van der Waals surface area contributed by atoms with Crippen LogP contribution in [0.2, 0.25) is 0 Å². The lowest BCUT2D eigenvalue weighted by atomic mass is 10.0. The molecule has 1 unspecified atom stereocenters. The number of nitrogens with one attached hydrogen (secondary N) is 1. The van der Waals surface area contributed by atoms with Gasteiger partial charge in [-0.1, -0.05) is 25.5 Å². The number of aromatic nitrogens is 1. The molecular formula is C16H22N2OS. The summed E-state index contributed by atoms with van der Waals surface area (Å²) >= 11 is 1.70. The topological polar surface area (TPSA) is 34.1 Å². The van der Waals surface area contributed by atoms with Crippen molar-refractivity contribution in [1.82, 2.24) is 10.3 Å². The second-order valence-corrected chi connectivity index (χ2v) is 5.76. The summed E-state index contributed by atoms with van der Waals surface area (Å²) in [6, 6.07) is 8.72. The molecule has 4 heteroatoms. The van der Waals surface area contributed by atoms with E-state index in [0.717, 1.165) is 31.6 Å². The summed E-state index contributed by atoms with van der Waals surface area (Å²) in [4.78, 5) is 5.43. The van der Waals surface area contributed by atoms with Crippen LogP contribution in [0.15, 0.2) is 36.0 Å². The van der Waals surface area contributed by atoms with Gasteiger partial charge in [0, 0.05) is 23.5 Å². The summed E-state index contributed by atoms with van der Waals surface area (Å²) in [5, 5.41) is 3.37. The molecule has 1 atom stereocenters.